The number of aliphatic imine (C=N–C) groups is 1. The topological polar surface area (TPSA) is 78.8 Å². The second-order valence-electron chi connectivity index (χ2n) is 5.99. The van der Waals surface area contributed by atoms with Crippen molar-refractivity contribution in [2.75, 3.05) is 4.90 Å². The van der Waals surface area contributed by atoms with Crippen molar-refractivity contribution >= 4 is 51.4 Å². The van der Waals surface area contributed by atoms with Crippen LogP contribution in [0.25, 0.3) is 0 Å². The number of hydrogen-bond donors (Lipinski definition) is 1. The Kier molecular flexibility index (Phi) is 4.99. The minimum absolute atomic E-state index is 0.383. The number of imide groups is 2. The van der Waals surface area contributed by atoms with Gasteiger partial charge in [-0.1, -0.05) is 33.6 Å². The molecule has 1 aliphatic heterocycles. The molecule has 3 rings (SSSR count). The maximum absolute atomic E-state index is 12.7. The molecule has 1 aliphatic rings. The van der Waals surface area contributed by atoms with Crippen molar-refractivity contribution in [2.45, 2.75) is 13.8 Å². The monoisotopic (exact) mass is 413 g/mol. The molecule has 1 saturated heterocycles. The van der Waals surface area contributed by atoms with Crippen LogP contribution in [0.3, 0.4) is 0 Å². The Hall–Kier alpha value is -2.80. The van der Waals surface area contributed by atoms with E-state index < -0.39 is 23.8 Å². The van der Waals surface area contributed by atoms with E-state index in [4.69, 9.17) is 0 Å². The highest BCUT2D eigenvalue weighted by Gasteiger charge is 2.40. The first kappa shape index (κ1) is 18.0. The van der Waals surface area contributed by atoms with Gasteiger partial charge in [-0.05, 0) is 49.7 Å². The molecule has 2 aromatic carbocycles. The molecule has 1 fully saturated rings. The summed E-state index contributed by atoms with van der Waals surface area (Å²) >= 11 is 3.30. The van der Waals surface area contributed by atoms with Gasteiger partial charge in [0.15, 0.2) is 5.92 Å². The number of nitrogens with one attached hydrogen (secondary N) is 1. The van der Waals surface area contributed by atoms with Crippen LogP contribution in [0.5, 0.6) is 0 Å². The first-order valence-electron chi connectivity index (χ1n) is 7.92. The van der Waals surface area contributed by atoms with Gasteiger partial charge in [-0.3, -0.25) is 19.9 Å². The first-order chi connectivity index (χ1) is 12.4. The lowest BCUT2D eigenvalue weighted by Crippen LogP contribution is -2.58. The van der Waals surface area contributed by atoms with Crippen molar-refractivity contribution in [1.82, 2.24) is 5.32 Å². The lowest BCUT2D eigenvalue weighted by Gasteiger charge is -2.28. The third-order valence-corrected chi connectivity index (χ3v) is 4.53. The van der Waals surface area contributed by atoms with Gasteiger partial charge in [-0.15, -0.1) is 0 Å². The minimum atomic E-state index is -1.17. The average molecular weight is 414 g/mol. The van der Waals surface area contributed by atoms with Gasteiger partial charge in [0.25, 0.3) is 5.91 Å². The summed E-state index contributed by atoms with van der Waals surface area (Å²) in [5.74, 6) is -2.48. The van der Waals surface area contributed by atoms with Crippen LogP contribution in [-0.4, -0.2) is 24.1 Å². The summed E-state index contributed by atoms with van der Waals surface area (Å²) in [5, 5.41) is 2.21. The van der Waals surface area contributed by atoms with Crippen LogP contribution in [0.4, 0.5) is 16.2 Å². The highest BCUT2D eigenvalue weighted by atomic mass is 79.9. The summed E-state index contributed by atoms with van der Waals surface area (Å²) < 4.78 is 0.815. The second-order valence-corrected chi connectivity index (χ2v) is 6.91. The summed E-state index contributed by atoms with van der Waals surface area (Å²) in [6.45, 7) is 3.88. The van der Waals surface area contributed by atoms with E-state index in [0.29, 0.717) is 11.4 Å². The van der Waals surface area contributed by atoms with E-state index in [1.54, 1.807) is 24.3 Å². The van der Waals surface area contributed by atoms with Crippen LogP contribution in [-0.2, 0) is 9.59 Å². The molecule has 132 valence electrons. The number of amides is 4. The van der Waals surface area contributed by atoms with E-state index in [1.807, 2.05) is 32.0 Å². The van der Waals surface area contributed by atoms with Crippen molar-refractivity contribution < 1.29 is 14.4 Å². The zero-order valence-corrected chi connectivity index (χ0v) is 15.8. The second kappa shape index (κ2) is 7.21. The molecular weight excluding hydrogens is 398 g/mol. The number of aryl methyl sites for hydroxylation is 2. The number of hydrogen-bond acceptors (Lipinski definition) is 4. The zero-order chi connectivity index (χ0) is 18.8. The largest absolute Gasteiger partial charge is 0.335 e. The number of rotatable bonds is 3. The standard InChI is InChI=1S/C19H16BrN3O3/c1-11-3-8-16(12(2)9-11)21-10-15-17(24)22-19(26)23(18(15)25)14-6-4-13(20)5-7-14/h3-10,15H,1-2H3,(H,22,24,26)/t15-/m1/s1. The van der Waals surface area contributed by atoms with Gasteiger partial charge in [0.1, 0.15) is 0 Å². The van der Waals surface area contributed by atoms with E-state index in [1.165, 1.54) is 6.21 Å². The van der Waals surface area contributed by atoms with Gasteiger partial charge >= 0.3 is 6.03 Å². The highest BCUT2D eigenvalue weighted by Crippen LogP contribution is 2.24. The summed E-state index contributed by atoms with van der Waals surface area (Å²) in [6, 6.07) is 11.6. The third kappa shape index (κ3) is 3.57. The Morgan fingerprint density at radius 3 is 2.42 bits per heavy atom. The number of urea groups is 1. The molecule has 0 spiro atoms. The maximum atomic E-state index is 12.7. The molecule has 0 bridgehead atoms. The number of anilines is 1. The zero-order valence-electron chi connectivity index (χ0n) is 14.2. The smallest absolute Gasteiger partial charge is 0.276 e. The molecular formula is C19H16BrN3O3. The SMILES string of the molecule is Cc1ccc(N=C[C@@H]2C(=O)NC(=O)N(c3ccc(Br)cc3)C2=O)c(C)c1. The Bertz CT molecular complexity index is 922. The number of benzene rings is 2. The van der Waals surface area contributed by atoms with E-state index >= 15 is 0 Å². The fourth-order valence-electron chi connectivity index (χ4n) is 2.66. The quantitative estimate of drug-likeness (QED) is 0.615. The maximum Gasteiger partial charge on any atom is 0.335 e. The molecule has 7 heteroatoms. The van der Waals surface area contributed by atoms with Crippen LogP contribution in [0.15, 0.2) is 51.9 Å². The van der Waals surface area contributed by atoms with Crippen LogP contribution in [0, 0.1) is 19.8 Å². The van der Waals surface area contributed by atoms with Crippen molar-refractivity contribution in [3.05, 3.63) is 58.1 Å². The van der Waals surface area contributed by atoms with Gasteiger partial charge in [-0.25, -0.2) is 9.69 Å². The van der Waals surface area contributed by atoms with Crippen LogP contribution in [0.1, 0.15) is 11.1 Å². The van der Waals surface area contributed by atoms with E-state index in [2.05, 4.69) is 26.2 Å². The molecule has 26 heavy (non-hydrogen) atoms. The van der Waals surface area contributed by atoms with E-state index in [9.17, 15) is 14.4 Å². The number of carbonyl (C=O) groups is 3. The molecule has 1 N–H and O–H groups in total. The Balaban J connectivity index is 1.90. The molecule has 1 atom stereocenters. The van der Waals surface area contributed by atoms with Crippen molar-refractivity contribution in [3.8, 4) is 0 Å². The summed E-state index contributed by atoms with van der Waals surface area (Å²) in [6.07, 6.45) is 1.29. The fourth-order valence-corrected chi connectivity index (χ4v) is 2.93. The van der Waals surface area contributed by atoms with Gasteiger partial charge in [-0.2, -0.15) is 0 Å². The molecule has 0 radical (unpaired) electrons. The summed E-state index contributed by atoms with van der Waals surface area (Å²) in [4.78, 5) is 42.2. The summed E-state index contributed by atoms with van der Waals surface area (Å²) in [5.41, 5.74) is 3.09. The van der Waals surface area contributed by atoms with Crippen LogP contribution in [0.2, 0.25) is 0 Å². The summed E-state index contributed by atoms with van der Waals surface area (Å²) in [7, 11) is 0. The molecule has 0 unspecified atom stereocenters. The number of carbonyl (C=O) groups excluding carboxylic acids is 3. The Morgan fingerprint density at radius 1 is 1.08 bits per heavy atom. The predicted octanol–water partition coefficient (Wildman–Crippen LogP) is 3.67. The lowest BCUT2D eigenvalue weighted by atomic mass is 10.1. The highest BCUT2D eigenvalue weighted by molar-refractivity contribution is 9.10. The van der Waals surface area contributed by atoms with Crippen molar-refractivity contribution in [2.24, 2.45) is 10.9 Å². The molecule has 0 aliphatic carbocycles. The molecule has 1 heterocycles. The minimum Gasteiger partial charge on any atom is -0.276 e. The van der Waals surface area contributed by atoms with Gasteiger partial charge in [0.2, 0.25) is 5.91 Å². The third-order valence-electron chi connectivity index (χ3n) is 4.00. The number of nitrogens with zero attached hydrogens (tertiary/aromatic N) is 2. The Morgan fingerprint density at radius 2 is 1.77 bits per heavy atom. The average Bonchev–Trinajstić information content (AvgIpc) is 2.57. The van der Waals surface area contributed by atoms with E-state index in [0.717, 1.165) is 20.5 Å². The van der Waals surface area contributed by atoms with Crippen LogP contribution < -0.4 is 10.2 Å². The molecule has 6 nitrogen and oxygen atoms in total. The van der Waals surface area contributed by atoms with Crippen LogP contribution >= 0.6 is 15.9 Å². The molecule has 4 amide bonds. The van der Waals surface area contributed by atoms with Gasteiger partial charge < -0.3 is 0 Å². The lowest BCUT2D eigenvalue weighted by molar-refractivity contribution is -0.131. The van der Waals surface area contributed by atoms with Crippen molar-refractivity contribution in [1.29, 1.82) is 0 Å². The number of barbiturate groups is 1. The van der Waals surface area contributed by atoms with Crippen molar-refractivity contribution in [3.63, 3.8) is 0 Å². The molecule has 0 aromatic heterocycles. The molecule has 2 aromatic rings. The van der Waals surface area contributed by atoms with Gasteiger partial charge in [0.05, 0.1) is 11.4 Å². The molecule has 0 saturated carbocycles. The van der Waals surface area contributed by atoms with E-state index in [-0.39, 0.29) is 0 Å². The van der Waals surface area contributed by atoms with Gasteiger partial charge in [0, 0.05) is 10.7 Å². The normalized spacial score (nSPS) is 17.7. The Labute approximate surface area is 159 Å². The fraction of sp³-hybridized carbons (Fsp3) is 0.158. The number of halogens is 1. The first-order valence-corrected chi connectivity index (χ1v) is 8.72. The predicted molar refractivity (Wildman–Crippen MR) is 103 cm³/mol.